The Kier molecular flexibility index (Phi) is 5.12. The molecular weight excluding hydrogens is 254 g/mol. The predicted octanol–water partition coefficient (Wildman–Crippen LogP) is 0.513. The van der Waals surface area contributed by atoms with Gasteiger partial charge in [-0.15, -0.1) is 0 Å². The van der Waals surface area contributed by atoms with Gasteiger partial charge in [0.15, 0.2) is 0 Å². The van der Waals surface area contributed by atoms with E-state index in [2.05, 4.69) is 10.6 Å². The van der Waals surface area contributed by atoms with Gasteiger partial charge in [-0.1, -0.05) is 30.3 Å². The number of nitrogens with zero attached hydrogens (tertiary/aromatic N) is 1. The summed E-state index contributed by atoms with van der Waals surface area (Å²) in [6, 6.07) is 9.59. The summed E-state index contributed by atoms with van der Waals surface area (Å²) in [6.07, 6.45) is 1.87. The zero-order valence-electron chi connectivity index (χ0n) is 11.8. The van der Waals surface area contributed by atoms with Gasteiger partial charge >= 0.3 is 0 Å². The quantitative estimate of drug-likeness (QED) is 0.823. The molecule has 0 spiro atoms. The molecule has 2 rings (SSSR count). The van der Waals surface area contributed by atoms with E-state index in [9.17, 15) is 9.59 Å². The standard InChI is InChI=1S/C15H21N3O2/c1-18(15(20)13-8-5-9-16-13)11-14(19)17-10-12-6-3-2-4-7-12/h2-4,6-7,13,16H,5,8-11H2,1H3,(H,17,19). The maximum absolute atomic E-state index is 12.0. The van der Waals surface area contributed by atoms with Crippen LogP contribution in [0.4, 0.5) is 0 Å². The van der Waals surface area contributed by atoms with E-state index in [1.807, 2.05) is 30.3 Å². The molecule has 0 saturated carbocycles. The molecule has 5 nitrogen and oxygen atoms in total. The summed E-state index contributed by atoms with van der Waals surface area (Å²) >= 11 is 0. The smallest absolute Gasteiger partial charge is 0.239 e. The van der Waals surface area contributed by atoms with Gasteiger partial charge in [0.2, 0.25) is 11.8 Å². The lowest BCUT2D eigenvalue weighted by atomic mass is 10.2. The fraction of sp³-hybridized carbons (Fsp3) is 0.467. The number of amides is 2. The van der Waals surface area contributed by atoms with Gasteiger partial charge in [-0.3, -0.25) is 9.59 Å². The normalized spacial score (nSPS) is 17.8. The Bertz CT molecular complexity index is 455. The van der Waals surface area contributed by atoms with Crippen molar-refractivity contribution >= 4 is 11.8 Å². The van der Waals surface area contributed by atoms with Crippen molar-refractivity contribution in [2.45, 2.75) is 25.4 Å². The number of likely N-dealkylation sites (N-methyl/N-ethyl adjacent to an activating group) is 1. The second-order valence-corrected chi connectivity index (χ2v) is 5.11. The molecule has 1 fully saturated rings. The molecule has 0 radical (unpaired) electrons. The highest BCUT2D eigenvalue weighted by Gasteiger charge is 2.25. The van der Waals surface area contributed by atoms with Crippen LogP contribution >= 0.6 is 0 Å². The molecule has 2 N–H and O–H groups in total. The molecule has 1 aliphatic rings. The first-order chi connectivity index (χ1) is 9.66. The summed E-state index contributed by atoms with van der Waals surface area (Å²) in [6.45, 7) is 1.47. The minimum atomic E-state index is -0.136. The molecule has 0 aromatic heterocycles. The van der Waals surface area contributed by atoms with Crippen molar-refractivity contribution in [1.82, 2.24) is 15.5 Å². The van der Waals surface area contributed by atoms with Crippen molar-refractivity contribution in [3.05, 3.63) is 35.9 Å². The molecule has 1 heterocycles. The van der Waals surface area contributed by atoms with E-state index >= 15 is 0 Å². The summed E-state index contributed by atoms with van der Waals surface area (Å²) in [5.74, 6) is -0.139. The highest BCUT2D eigenvalue weighted by molar-refractivity contribution is 5.87. The van der Waals surface area contributed by atoms with Crippen molar-refractivity contribution < 1.29 is 9.59 Å². The maximum atomic E-state index is 12.0. The van der Waals surface area contributed by atoms with Gasteiger partial charge in [0.1, 0.15) is 0 Å². The van der Waals surface area contributed by atoms with E-state index in [4.69, 9.17) is 0 Å². The fourth-order valence-corrected chi connectivity index (χ4v) is 2.31. The Morgan fingerprint density at radius 2 is 2.10 bits per heavy atom. The van der Waals surface area contributed by atoms with Crippen LogP contribution in [0.5, 0.6) is 0 Å². The highest BCUT2D eigenvalue weighted by atomic mass is 16.2. The van der Waals surface area contributed by atoms with E-state index < -0.39 is 0 Å². The van der Waals surface area contributed by atoms with Gasteiger partial charge in [0.25, 0.3) is 0 Å². The molecule has 1 atom stereocenters. The Hall–Kier alpha value is -1.88. The lowest BCUT2D eigenvalue weighted by molar-refractivity contribution is -0.136. The molecule has 2 amide bonds. The monoisotopic (exact) mass is 275 g/mol. The van der Waals surface area contributed by atoms with Crippen LogP contribution in [0.2, 0.25) is 0 Å². The summed E-state index contributed by atoms with van der Waals surface area (Å²) in [4.78, 5) is 25.3. The Labute approximate surface area is 119 Å². The molecule has 20 heavy (non-hydrogen) atoms. The first-order valence-electron chi connectivity index (χ1n) is 6.96. The van der Waals surface area contributed by atoms with Gasteiger partial charge in [0.05, 0.1) is 12.6 Å². The van der Waals surface area contributed by atoms with E-state index in [0.717, 1.165) is 24.9 Å². The van der Waals surface area contributed by atoms with Crippen LogP contribution in [0.3, 0.4) is 0 Å². The summed E-state index contributed by atoms with van der Waals surface area (Å²) < 4.78 is 0. The second kappa shape index (κ2) is 7.05. The summed E-state index contributed by atoms with van der Waals surface area (Å²) in [5.41, 5.74) is 1.05. The topological polar surface area (TPSA) is 61.4 Å². The third-order valence-corrected chi connectivity index (χ3v) is 3.45. The van der Waals surface area contributed by atoms with Gasteiger partial charge in [-0.05, 0) is 24.9 Å². The third kappa shape index (κ3) is 4.06. The molecule has 1 aliphatic heterocycles. The van der Waals surface area contributed by atoms with E-state index in [1.54, 1.807) is 7.05 Å². The van der Waals surface area contributed by atoms with Crippen LogP contribution in [0.15, 0.2) is 30.3 Å². The van der Waals surface area contributed by atoms with Crippen LogP contribution in [-0.2, 0) is 16.1 Å². The van der Waals surface area contributed by atoms with Gasteiger partial charge in [-0.2, -0.15) is 0 Å². The van der Waals surface area contributed by atoms with E-state index in [-0.39, 0.29) is 24.4 Å². The number of benzene rings is 1. The Balaban J connectivity index is 1.74. The fourth-order valence-electron chi connectivity index (χ4n) is 2.31. The molecule has 108 valence electrons. The minimum Gasteiger partial charge on any atom is -0.350 e. The van der Waals surface area contributed by atoms with Crippen LogP contribution in [0, 0.1) is 0 Å². The minimum absolute atomic E-state index is 0.00244. The van der Waals surface area contributed by atoms with E-state index in [1.165, 1.54) is 4.90 Å². The first-order valence-corrected chi connectivity index (χ1v) is 6.96. The Morgan fingerprint density at radius 1 is 1.35 bits per heavy atom. The molecule has 0 aliphatic carbocycles. The molecule has 5 heteroatoms. The average Bonchev–Trinajstić information content (AvgIpc) is 2.99. The zero-order chi connectivity index (χ0) is 14.4. The van der Waals surface area contributed by atoms with Gasteiger partial charge < -0.3 is 15.5 Å². The van der Waals surface area contributed by atoms with Crippen molar-refractivity contribution in [2.75, 3.05) is 20.1 Å². The molecule has 1 aromatic rings. The van der Waals surface area contributed by atoms with Crippen molar-refractivity contribution in [1.29, 1.82) is 0 Å². The third-order valence-electron chi connectivity index (χ3n) is 3.45. The lowest BCUT2D eigenvalue weighted by Gasteiger charge is -2.20. The molecule has 1 unspecified atom stereocenters. The van der Waals surface area contributed by atoms with Crippen LogP contribution in [0.1, 0.15) is 18.4 Å². The number of hydrogen-bond donors (Lipinski definition) is 2. The largest absolute Gasteiger partial charge is 0.350 e. The number of carbonyl (C=O) groups excluding carboxylic acids is 2. The molecular formula is C15H21N3O2. The van der Waals surface area contributed by atoms with Crippen molar-refractivity contribution in [3.8, 4) is 0 Å². The van der Waals surface area contributed by atoms with Crippen LogP contribution in [0.25, 0.3) is 0 Å². The number of carbonyl (C=O) groups is 2. The average molecular weight is 275 g/mol. The van der Waals surface area contributed by atoms with Crippen molar-refractivity contribution in [2.24, 2.45) is 0 Å². The maximum Gasteiger partial charge on any atom is 0.239 e. The number of nitrogens with one attached hydrogen (secondary N) is 2. The summed E-state index contributed by atoms with van der Waals surface area (Å²) in [5, 5.41) is 5.97. The van der Waals surface area contributed by atoms with Gasteiger partial charge in [0, 0.05) is 13.6 Å². The molecule has 1 saturated heterocycles. The van der Waals surface area contributed by atoms with Gasteiger partial charge in [-0.25, -0.2) is 0 Å². The number of rotatable bonds is 5. The highest BCUT2D eigenvalue weighted by Crippen LogP contribution is 2.07. The predicted molar refractivity (Wildman–Crippen MR) is 77.0 cm³/mol. The number of hydrogen-bond acceptors (Lipinski definition) is 3. The van der Waals surface area contributed by atoms with Crippen molar-refractivity contribution in [3.63, 3.8) is 0 Å². The van der Waals surface area contributed by atoms with E-state index in [0.29, 0.717) is 6.54 Å². The molecule has 1 aromatic carbocycles. The summed E-state index contributed by atoms with van der Waals surface area (Å²) in [7, 11) is 1.67. The second-order valence-electron chi connectivity index (χ2n) is 5.11. The van der Waals surface area contributed by atoms with Crippen LogP contribution < -0.4 is 10.6 Å². The molecule has 0 bridgehead atoms. The lowest BCUT2D eigenvalue weighted by Crippen LogP contribution is -2.45. The SMILES string of the molecule is CN(CC(=O)NCc1ccccc1)C(=O)C1CCCN1. The zero-order valence-corrected chi connectivity index (χ0v) is 11.8. The first kappa shape index (κ1) is 14.5. The Morgan fingerprint density at radius 3 is 2.75 bits per heavy atom. The van der Waals surface area contributed by atoms with Crippen LogP contribution in [-0.4, -0.2) is 42.9 Å².